The van der Waals surface area contributed by atoms with Gasteiger partial charge in [-0.1, -0.05) is 68.3 Å². The van der Waals surface area contributed by atoms with Crippen LogP contribution in [-0.4, -0.2) is 64.4 Å². The summed E-state index contributed by atoms with van der Waals surface area (Å²) in [6.07, 6.45) is 0.771. The van der Waals surface area contributed by atoms with Crippen molar-refractivity contribution in [2.75, 3.05) is 13.2 Å². The van der Waals surface area contributed by atoms with Crippen LogP contribution in [0, 0.1) is 0 Å². The first-order chi connectivity index (χ1) is 16.9. The van der Waals surface area contributed by atoms with E-state index < -0.39 is 36.2 Å². The number of aliphatic hydroxyl groups excluding tert-OH is 1. The topological polar surface area (TPSA) is 116 Å². The molecule has 1 aliphatic carbocycles. The summed E-state index contributed by atoms with van der Waals surface area (Å²) in [5, 5.41) is 22.1. The van der Waals surface area contributed by atoms with Gasteiger partial charge < -0.3 is 25.2 Å². The maximum Gasteiger partial charge on any atom is 0.407 e. The smallest absolute Gasteiger partial charge is 0.407 e. The number of likely N-dealkylation sites (tertiary alicyclic amines) is 1. The van der Waals surface area contributed by atoms with Gasteiger partial charge in [0.1, 0.15) is 12.6 Å². The van der Waals surface area contributed by atoms with E-state index in [0.717, 1.165) is 35.1 Å². The van der Waals surface area contributed by atoms with Crippen molar-refractivity contribution in [1.29, 1.82) is 0 Å². The van der Waals surface area contributed by atoms with E-state index in [-0.39, 0.29) is 31.9 Å². The van der Waals surface area contributed by atoms with E-state index in [0.29, 0.717) is 6.42 Å². The van der Waals surface area contributed by atoms with E-state index in [1.54, 1.807) is 0 Å². The second-order valence-electron chi connectivity index (χ2n) is 9.30. The number of carboxylic acids is 1. The molecule has 3 N–H and O–H groups in total. The molecule has 35 heavy (non-hydrogen) atoms. The Morgan fingerprint density at radius 3 is 2.31 bits per heavy atom. The van der Waals surface area contributed by atoms with Crippen molar-refractivity contribution in [3.63, 3.8) is 0 Å². The number of carbonyl (C=O) groups is 3. The molecule has 8 nitrogen and oxygen atoms in total. The van der Waals surface area contributed by atoms with Crippen LogP contribution >= 0.6 is 0 Å². The molecular formula is C27H32N2O6. The molecule has 2 aromatic rings. The average molecular weight is 481 g/mol. The zero-order valence-electron chi connectivity index (χ0n) is 19.9. The fraction of sp³-hybridized carbons (Fsp3) is 0.444. The zero-order chi connectivity index (χ0) is 24.9. The van der Waals surface area contributed by atoms with Crippen molar-refractivity contribution >= 4 is 18.0 Å². The highest BCUT2D eigenvalue weighted by Crippen LogP contribution is 2.44. The van der Waals surface area contributed by atoms with Crippen LogP contribution < -0.4 is 5.32 Å². The van der Waals surface area contributed by atoms with Gasteiger partial charge in [0.25, 0.3) is 0 Å². The van der Waals surface area contributed by atoms with E-state index >= 15 is 0 Å². The lowest BCUT2D eigenvalue weighted by Gasteiger charge is -2.25. The van der Waals surface area contributed by atoms with Crippen molar-refractivity contribution < 1.29 is 29.3 Å². The number of nitrogens with zero attached hydrogens (tertiary/aromatic N) is 1. The summed E-state index contributed by atoms with van der Waals surface area (Å²) in [7, 11) is 0. The fourth-order valence-corrected chi connectivity index (χ4v) is 5.13. The molecule has 0 radical (unpaired) electrons. The highest BCUT2D eigenvalue weighted by molar-refractivity contribution is 5.85. The van der Waals surface area contributed by atoms with E-state index in [4.69, 9.17) is 4.74 Å². The van der Waals surface area contributed by atoms with Crippen molar-refractivity contribution in [3.8, 4) is 11.1 Å². The minimum Gasteiger partial charge on any atom is -0.480 e. The standard InChI is InChI=1S/C27H32N2O6/c1-2-3-8-17(13-25(31)29-15-18(30)14-24(29)26(32)33)28-27(34)35-16-23-21-11-6-4-9-19(21)20-10-5-7-12-22(20)23/h4-7,9-12,17-18,23-24,30H,2-3,8,13-16H2,1H3,(H,28,34)(H,32,33)/t17-,18+,24+/m1/s1. The summed E-state index contributed by atoms with van der Waals surface area (Å²) < 4.78 is 5.62. The molecule has 2 aliphatic rings. The summed E-state index contributed by atoms with van der Waals surface area (Å²) in [5.41, 5.74) is 4.52. The molecule has 3 atom stereocenters. The number of unbranched alkanes of at least 4 members (excludes halogenated alkanes) is 1. The van der Waals surface area contributed by atoms with Crippen LogP contribution in [-0.2, 0) is 14.3 Å². The summed E-state index contributed by atoms with van der Waals surface area (Å²) >= 11 is 0. The number of β-amino-alcohol motifs (C(OH)–C–C–N with tert-alkyl or cyclic N) is 1. The number of alkyl carbamates (subject to hydrolysis) is 1. The summed E-state index contributed by atoms with van der Waals surface area (Å²) in [6.45, 7) is 2.18. The predicted octanol–water partition coefficient (Wildman–Crippen LogP) is 3.52. The van der Waals surface area contributed by atoms with Gasteiger partial charge in [0.15, 0.2) is 0 Å². The molecule has 1 heterocycles. The third-order valence-corrected chi connectivity index (χ3v) is 6.88. The van der Waals surface area contributed by atoms with Gasteiger partial charge in [-0.15, -0.1) is 0 Å². The van der Waals surface area contributed by atoms with Crippen molar-refractivity contribution in [3.05, 3.63) is 59.7 Å². The SMILES string of the molecule is CCCC[C@H](CC(=O)N1C[C@@H](O)C[C@H]1C(=O)O)NC(=O)OCC1c2ccccc2-c2ccccc21. The number of ether oxygens (including phenoxy) is 1. The summed E-state index contributed by atoms with van der Waals surface area (Å²) in [4.78, 5) is 38.3. The maximum absolute atomic E-state index is 12.9. The monoisotopic (exact) mass is 480 g/mol. The third-order valence-electron chi connectivity index (χ3n) is 6.88. The van der Waals surface area contributed by atoms with Crippen LogP contribution in [0.1, 0.15) is 56.1 Å². The van der Waals surface area contributed by atoms with Crippen LogP contribution in [0.3, 0.4) is 0 Å². The lowest BCUT2D eigenvalue weighted by atomic mass is 9.98. The van der Waals surface area contributed by atoms with Crippen LogP contribution in [0.25, 0.3) is 11.1 Å². The van der Waals surface area contributed by atoms with Gasteiger partial charge in [-0.05, 0) is 28.7 Å². The van der Waals surface area contributed by atoms with Crippen molar-refractivity contribution in [1.82, 2.24) is 10.2 Å². The quantitative estimate of drug-likeness (QED) is 0.506. The maximum atomic E-state index is 12.9. The van der Waals surface area contributed by atoms with Crippen LogP contribution in [0.15, 0.2) is 48.5 Å². The molecule has 2 aromatic carbocycles. The number of carboxylic acid groups (broad SMARTS) is 1. The summed E-state index contributed by atoms with van der Waals surface area (Å²) in [6, 6.07) is 14.7. The molecule has 8 heteroatoms. The second kappa shape index (κ2) is 10.9. The van der Waals surface area contributed by atoms with Gasteiger partial charge >= 0.3 is 12.1 Å². The van der Waals surface area contributed by atoms with Gasteiger partial charge in [-0.25, -0.2) is 9.59 Å². The van der Waals surface area contributed by atoms with Crippen LogP contribution in [0.2, 0.25) is 0 Å². The molecule has 0 saturated carbocycles. The number of aliphatic carboxylic acids is 1. The number of amides is 2. The zero-order valence-corrected chi connectivity index (χ0v) is 19.9. The number of aliphatic hydroxyl groups is 1. The molecule has 0 aromatic heterocycles. The Labute approximate surface area is 204 Å². The number of nitrogens with one attached hydrogen (secondary N) is 1. The van der Waals surface area contributed by atoms with E-state index in [1.807, 2.05) is 43.3 Å². The van der Waals surface area contributed by atoms with Gasteiger partial charge in [-0.2, -0.15) is 0 Å². The second-order valence-corrected chi connectivity index (χ2v) is 9.30. The molecule has 0 spiro atoms. The Hall–Kier alpha value is -3.39. The Morgan fingerprint density at radius 2 is 1.71 bits per heavy atom. The highest BCUT2D eigenvalue weighted by atomic mass is 16.5. The Morgan fingerprint density at radius 1 is 1.09 bits per heavy atom. The van der Waals surface area contributed by atoms with Gasteiger partial charge in [0, 0.05) is 31.3 Å². The highest BCUT2D eigenvalue weighted by Gasteiger charge is 2.39. The minimum absolute atomic E-state index is 0.0127. The normalized spacial score (nSPS) is 19.7. The van der Waals surface area contributed by atoms with Crippen molar-refractivity contribution in [2.45, 2.75) is 63.1 Å². The average Bonchev–Trinajstić information content (AvgIpc) is 3.39. The Kier molecular flexibility index (Phi) is 7.70. The molecular weight excluding hydrogens is 448 g/mol. The molecule has 2 amide bonds. The Balaban J connectivity index is 1.39. The first kappa shape index (κ1) is 24.7. The molecule has 186 valence electrons. The molecule has 1 aliphatic heterocycles. The van der Waals surface area contributed by atoms with Crippen LogP contribution in [0.4, 0.5) is 4.79 Å². The third kappa shape index (κ3) is 5.48. The van der Waals surface area contributed by atoms with Gasteiger partial charge in [0.2, 0.25) is 5.91 Å². The first-order valence-electron chi connectivity index (χ1n) is 12.2. The largest absolute Gasteiger partial charge is 0.480 e. The molecule has 1 fully saturated rings. The molecule has 1 saturated heterocycles. The number of carbonyl (C=O) groups excluding carboxylic acids is 2. The number of hydrogen-bond acceptors (Lipinski definition) is 5. The number of rotatable bonds is 9. The first-order valence-corrected chi connectivity index (χ1v) is 12.2. The summed E-state index contributed by atoms with van der Waals surface area (Å²) in [5.74, 6) is -1.59. The number of benzene rings is 2. The predicted molar refractivity (Wildman–Crippen MR) is 130 cm³/mol. The van der Waals surface area contributed by atoms with E-state index in [1.165, 1.54) is 4.90 Å². The van der Waals surface area contributed by atoms with E-state index in [9.17, 15) is 24.6 Å². The lowest BCUT2D eigenvalue weighted by Crippen LogP contribution is -2.45. The lowest BCUT2D eigenvalue weighted by molar-refractivity contribution is -0.148. The minimum atomic E-state index is -1.13. The molecule has 0 bridgehead atoms. The Bertz CT molecular complexity index is 1040. The van der Waals surface area contributed by atoms with Gasteiger partial charge in [-0.3, -0.25) is 4.79 Å². The van der Waals surface area contributed by atoms with Gasteiger partial charge in [0.05, 0.1) is 6.10 Å². The molecule has 0 unspecified atom stereocenters. The van der Waals surface area contributed by atoms with Crippen molar-refractivity contribution in [2.24, 2.45) is 0 Å². The van der Waals surface area contributed by atoms with E-state index in [2.05, 4.69) is 17.4 Å². The molecule has 4 rings (SSSR count). The fourth-order valence-electron chi connectivity index (χ4n) is 5.13. The number of fused-ring (bicyclic) bond motifs is 3. The number of hydrogen-bond donors (Lipinski definition) is 3. The van der Waals surface area contributed by atoms with Crippen LogP contribution in [0.5, 0.6) is 0 Å².